The van der Waals surface area contributed by atoms with E-state index in [4.69, 9.17) is 15.9 Å². The van der Waals surface area contributed by atoms with E-state index in [1.54, 1.807) is 32.4 Å². The molecule has 13 heavy (non-hydrogen) atoms. The fourth-order valence-corrected chi connectivity index (χ4v) is 1.09. The molecule has 0 aliphatic carbocycles. The second-order valence-corrected chi connectivity index (χ2v) is 2.58. The highest BCUT2D eigenvalue weighted by Crippen LogP contribution is 2.21. The predicted molar refractivity (Wildman–Crippen MR) is 53.6 cm³/mol. The zero-order valence-corrected chi connectivity index (χ0v) is 7.72. The predicted octanol–water partition coefficient (Wildman–Crippen LogP) is 1.02. The van der Waals surface area contributed by atoms with Crippen LogP contribution in [-0.4, -0.2) is 20.0 Å². The Labute approximate surface area is 77.2 Å². The first kappa shape index (κ1) is 9.38. The van der Waals surface area contributed by atoms with E-state index in [1.165, 1.54) is 0 Å². The van der Waals surface area contributed by atoms with Crippen molar-refractivity contribution < 1.29 is 4.74 Å². The molecule has 4 heteroatoms. The lowest BCUT2D eigenvalue weighted by Gasteiger charge is -2.09. The molecular formula is C9H13N3O. The van der Waals surface area contributed by atoms with Gasteiger partial charge in [-0.25, -0.2) is 0 Å². The van der Waals surface area contributed by atoms with Crippen LogP contribution in [0.4, 0.5) is 5.69 Å². The number of rotatable bonds is 3. The molecule has 0 atom stereocenters. The van der Waals surface area contributed by atoms with Crippen molar-refractivity contribution >= 4 is 11.5 Å². The number of methoxy groups -OCH3 is 1. The average molecular weight is 179 g/mol. The quantitative estimate of drug-likeness (QED) is 0.479. The molecule has 0 spiro atoms. The van der Waals surface area contributed by atoms with Crippen molar-refractivity contribution in [3.05, 3.63) is 23.8 Å². The van der Waals surface area contributed by atoms with Gasteiger partial charge in [0.25, 0.3) is 0 Å². The van der Waals surface area contributed by atoms with Gasteiger partial charge in [0.15, 0.2) is 0 Å². The Morgan fingerprint density at radius 2 is 2.23 bits per heavy atom. The van der Waals surface area contributed by atoms with Crippen molar-refractivity contribution in [3.8, 4) is 5.75 Å². The summed E-state index contributed by atoms with van der Waals surface area (Å²) < 4.78 is 5.04. The van der Waals surface area contributed by atoms with Crippen LogP contribution in [0.2, 0.25) is 0 Å². The van der Waals surface area contributed by atoms with E-state index in [0.29, 0.717) is 5.56 Å². The zero-order valence-electron chi connectivity index (χ0n) is 7.72. The molecule has 0 aliphatic heterocycles. The molecule has 0 saturated carbocycles. The third-order valence-electron chi connectivity index (χ3n) is 1.79. The summed E-state index contributed by atoms with van der Waals surface area (Å²) in [7, 11) is 3.38. The summed E-state index contributed by atoms with van der Waals surface area (Å²) in [6.07, 6.45) is 0. The summed E-state index contributed by atoms with van der Waals surface area (Å²) in [5.41, 5.74) is 6.87. The molecule has 0 heterocycles. The number of nitrogens with one attached hydrogen (secondary N) is 2. The van der Waals surface area contributed by atoms with Gasteiger partial charge in [-0.15, -0.1) is 0 Å². The number of ether oxygens (including phenoxy) is 1. The van der Waals surface area contributed by atoms with Gasteiger partial charge in [-0.1, -0.05) is 0 Å². The highest BCUT2D eigenvalue weighted by atomic mass is 16.5. The van der Waals surface area contributed by atoms with E-state index in [9.17, 15) is 0 Å². The highest BCUT2D eigenvalue weighted by molar-refractivity contribution is 6.00. The molecule has 70 valence electrons. The summed E-state index contributed by atoms with van der Waals surface area (Å²) in [4.78, 5) is 0. The Bertz CT molecular complexity index is 323. The third kappa shape index (κ3) is 1.90. The van der Waals surface area contributed by atoms with Gasteiger partial charge in [0, 0.05) is 24.4 Å². The SMILES string of the molecule is CNc1cc(OC)ccc1C(=N)N. The van der Waals surface area contributed by atoms with Crippen LogP contribution in [-0.2, 0) is 0 Å². The van der Waals surface area contributed by atoms with Gasteiger partial charge in [0.05, 0.1) is 7.11 Å². The van der Waals surface area contributed by atoms with Crippen molar-refractivity contribution in [2.24, 2.45) is 5.73 Å². The van der Waals surface area contributed by atoms with E-state index in [1.807, 2.05) is 0 Å². The van der Waals surface area contributed by atoms with E-state index in [-0.39, 0.29) is 5.84 Å². The molecule has 4 N–H and O–H groups in total. The normalized spacial score (nSPS) is 9.38. The summed E-state index contributed by atoms with van der Waals surface area (Å²) in [6, 6.07) is 5.33. The minimum Gasteiger partial charge on any atom is -0.497 e. The summed E-state index contributed by atoms with van der Waals surface area (Å²) >= 11 is 0. The van der Waals surface area contributed by atoms with Crippen LogP contribution in [0.1, 0.15) is 5.56 Å². The third-order valence-corrected chi connectivity index (χ3v) is 1.79. The first-order chi connectivity index (χ1) is 6.19. The maximum Gasteiger partial charge on any atom is 0.124 e. The first-order valence-corrected chi connectivity index (χ1v) is 3.89. The second-order valence-electron chi connectivity index (χ2n) is 2.58. The number of benzene rings is 1. The van der Waals surface area contributed by atoms with Crippen molar-refractivity contribution in [2.75, 3.05) is 19.5 Å². The average Bonchev–Trinajstić information content (AvgIpc) is 2.16. The van der Waals surface area contributed by atoms with Gasteiger partial charge >= 0.3 is 0 Å². The monoisotopic (exact) mass is 179 g/mol. The van der Waals surface area contributed by atoms with E-state index in [0.717, 1.165) is 11.4 Å². The van der Waals surface area contributed by atoms with Crippen LogP contribution < -0.4 is 15.8 Å². The molecule has 0 unspecified atom stereocenters. The minimum absolute atomic E-state index is 0.0482. The zero-order chi connectivity index (χ0) is 9.84. The lowest BCUT2D eigenvalue weighted by molar-refractivity contribution is 0.415. The van der Waals surface area contributed by atoms with Crippen molar-refractivity contribution in [2.45, 2.75) is 0 Å². The summed E-state index contributed by atoms with van der Waals surface area (Å²) in [6.45, 7) is 0. The highest BCUT2D eigenvalue weighted by Gasteiger charge is 2.04. The Hall–Kier alpha value is -1.71. The van der Waals surface area contributed by atoms with Gasteiger partial charge in [-0.05, 0) is 12.1 Å². The Kier molecular flexibility index (Phi) is 2.74. The lowest BCUT2D eigenvalue weighted by atomic mass is 10.1. The Morgan fingerprint density at radius 3 is 2.69 bits per heavy atom. The number of amidine groups is 1. The van der Waals surface area contributed by atoms with Crippen molar-refractivity contribution in [3.63, 3.8) is 0 Å². The van der Waals surface area contributed by atoms with Crippen LogP contribution in [0, 0.1) is 5.41 Å². The van der Waals surface area contributed by atoms with Crippen molar-refractivity contribution in [1.29, 1.82) is 5.41 Å². The van der Waals surface area contributed by atoms with E-state index < -0.39 is 0 Å². The van der Waals surface area contributed by atoms with Crippen LogP contribution in [0.5, 0.6) is 5.75 Å². The molecule has 0 aliphatic rings. The summed E-state index contributed by atoms with van der Waals surface area (Å²) in [5, 5.41) is 10.3. The fourth-order valence-electron chi connectivity index (χ4n) is 1.09. The second kappa shape index (κ2) is 3.80. The number of nitrogen functional groups attached to an aromatic ring is 1. The van der Waals surface area contributed by atoms with Gasteiger partial charge in [-0.3, -0.25) is 5.41 Å². The molecule has 1 rings (SSSR count). The number of anilines is 1. The van der Waals surface area contributed by atoms with Gasteiger partial charge in [0.1, 0.15) is 11.6 Å². The molecule has 0 saturated heterocycles. The standard InChI is InChI=1S/C9H13N3O/c1-12-8-5-6(13-2)3-4-7(8)9(10)11/h3-5,12H,1-2H3,(H3,10,11). The summed E-state index contributed by atoms with van der Waals surface area (Å²) in [5.74, 6) is 0.793. The molecule has 0 aromatic heterocycles. The van der Waals surface area contributed by atoms with Crippen LogP contribution >= 0.6 is 0 Å². The van der Waals surface area contributed by atoms with E-state index in [2.05, 4.69) is 5.32 Å². The van der Waals surface area contributed by atoms with Gasteiger partial charge < -0.3 is 15.8 Å². The number of hydrogen-bond donors (Lipinski definition) is 3. The minimum atomic E-state index is 0.0482. The maximum atomic E-state index is 7.30. The van der Waals surface area contributed by atoms with E-state index >= 15 is 0 Å². The van der Waals surface area contributed by atoms with Crippen LogP contribution in [0.25, 0.3) is 0 Å². The first-order valence-electron chi connectivity index (χ1n) is 3.89. The largest absolute Gasteiger partial charge is 0.497 e. The smallest absolute Gasteiger partial charge is 0.124 e. The van der Waals surface area contributed by atoms with Crippen LogP contribution in [0.3, 0.4) is 0 Å². The topological polar surface area (TPSA) is 71.1 Å². The molecule has 1 aromatic rings. The molecule has 0 bridgehead atoms. The van der Waals surface area contributed by atoms with Gasteiger partial charge in [-0.2, -0.15) is 0 Å². The molecule has 0 fully saturated rings. The number of hydrogen-bond acceptors (Lipinski definition) is 3. The molecule has 0 amide bonds. The Balaban J connectivity index is 3.15. The molecular weight excluding hydrogens is 166 g/mol. The van der Waals surface area contributed by atoms with Crippen LogP contribution in [0.15, 0.2) is 18.2 Å². The number of nitrogens with two attached hydrogens (primary N) is 1. The Morgan fingerprint density at radius 1 is 1.54 bits per heavy atom. The fraction of sp³-hybridized carbons (Fsp3) is 0.222. The molecule has 4 nitrogen and oxygen atoms in total. The lowest BCUT2D eigenvalue weighted by Crippen LogP contribution is -2.13. The van der Waals surface area contributed by atoms with Gasteiger partial charge in [0.2, 0.25) is 0 Å². The van der Waals surface area contributed by atoms with Crippen molar-refractivity contribution in [1.82, 2.24) is 0 Å². The molecule has 1 aromatic carbocycles. The molecule has 0 radical (unpaired) electrons. The maximum absolute atomic E-state index is 7.30.